The minimum absolute atomic E-state index is 0.143. The van der Waals surface area contributed by atoms with Gasteiger partial charge in [0, 0.05) is 25.7 Å². The molecule has 106 valence electrons. The van der Waals surface area contributed by atoms with Gasteiger partial charge in [-0.15, -0.1) is 0 Å². The molecule has 0 amide bonds. The van der Waals surface area contributed by atoms with Crippen molar-refractivity contribution in [2.45, 2.75) is 31.9 Å². The monoisotopic (exact) mass is 266 g/mol. The van der Waals surface area contributed by atoms with Gasteiger partial charge in [0.25, 0.3) is 0 Å². The zero-order valence-corrected chi connectivity index (χ0v) is 11.5. The van der Waals surface area contributed by atoms with Gasteiger partial charge in [0.1, 0.15) is 5.82 Å². The predicted molar refractivity (Wildman–Crippen MR) is 74.4 cm³/mol. The van der Waals surface area contributed by atoms with Gasteiger partial charge in [-0.05, 0) is 44.0 Å². The van der Waals surface area contributed by atoms with E-state index in [9.17, 15) is 4.39 Å². The number of piperidine rings is 1. The molecule has 4 heteroatoms. The van der Waals surface area contributed by atoms with E-state index in [0.29, 0.717) is 6.10 Å². The van der Waals surface area contributed by atoms with E-state index in [0.717, 1.165) is 44.6 Å². The third-order valence-corrected chi connectivity index (χ3v) is 3.60. The third-order valence-electron chi connectivity index (χ3n) is 3.60. The summed E-state index contributed by atoms with van der Waals surface area (Å²) < 4.78 is 18.9. The van der Waals surface area contributed by atoms with E-state index < -0.39 is 0 Å². The topological polar surface area (TPSA) is 38.5 Å². The highest BCUT2D eigenvalue weighted by Gasteiger charge is 2.21. The molecule has 0 aromatic heterocycles. The second kappa shape index (κ2) is 6.98. The number of hydrogen-bond donors (Lipinski definition) is 1. The van der Waals surface area contributed by atoms with Crippen molar-refractivity contribution in [2.75, 3.05) is 26.2 Å². The molecule has 0 aliphatic carbocycles. The van der Waals surface area contributed by atoms with Crippen molar-refractivity contribution in [1.82, 2.24) is 4.90 Å². The normalized spacial score (nSPS) is 22.4. The zero-order valence-electron chi connectivity index (χ0n) is 11.5. The summed E-state index contributed by atoms with van der Waals surface area (Å²) >= 11 is 0. The van der Waals surface area contributed by atoms with E-state index in [4.69, 9.17) is 10.5 Å². The standard InChI is InChI=1S/C15H23FN2O/c1-2-19-14-7-4-8-18(10-14)11-15(17)12-5-3-6-13(16)9-12/h3,5-6,9,14-15H,2,4,7-8,10-11,17H2,1H3. The fourth-order valence-corrected chi connectivity index (χ4v) is 2.67. The van der Waals surface area contributed by atoms with E-state index in [2.05, 4.69) is 4.90 Å². The van der Waals surface area contributed by atoms with Crippen molar-refractivity contribution in [1.29, 1.82) is 0 Å². The summed E-state index contributed by atoms with van der Waals surface area (Å²) in [6.07, 6.45) is 2.58. The largest absolute Gasteiger partial charge is 0.377 e. The molecule has 1 fully saturated rings. The van der Waals surface area contributed by atoms with Crippen molar-refractivity contribution in [2.24, 2.45) is 5.73 Å². The average molecular weight is 266 g/mol. The second-order valence-corrected chi connectivity index (χ2v) is 5.14. The molecule has 0 bridgehead atoms. The van der Waals surface area contributed by atoms with Crippen LogP contribution >= 0.6 is 0 Å². The van der Waals surface area contributed by atoms with Crippen LogP contribution in [-0.2, 0) is 4.74 Å². The van der Waals surface area contributed by atoms with E-state index in [1.165, 1.54) is 12.1 Å². The van der Waals surface area contributed by atoms with Crippen molar-refractivity contribution >= 4 is 0 Å². The van der Waals surface area contributed by atoms with Gasteiger partial charge in [0.15, 0.2) is 0 Å². The molecule has 2 N–H and O–H groups in total. The number of rotatable bonds is 5. The fraction of sp³-hybridized carbons (Fsp3) is 0.600. The lowest BCUT2D eigenvalue weighted by Crippen LogP contribution is -2.42. The first-order valence-electron chi connectivity index (χ1n) is 7.04. The SMILES string of the molecule is CCOC1CCCN(CC(N)c2cccc(F)c2)C1. The average Bonchev–Trinajstić information content (AvgIpc) is 2.39. The Hall–Kier alpha value is -0.970. The van der Waals surface area contributed by atoms with Gasteiger partial charge >= 0.3 is 0 Å². The summed E-state index contributed by atoms with van der Waals surface area (Å²) in [6.45, 7) is 5.52. The first-order chi connectivity index (χ1) is 9.19. The minimum Gasteiger partial charge on any atom is -0.377 e. The quantitative estimate of drug-likeness (QED) is 0.889. The molecule has 3 nitrogen and oxygen atoms in total. The summed E-state index contributed by atoms with van der Waals surface area (Å²) in [4.78, 5) is 2.32. The molecule has 1 heterocycles. The van der Waals surface area contributed by atoms with Gasteiger partial charge in [-0.2, -0.15) is 0 Å². The molecular weight excluding hydrogens is 243 g/mol. The first kappa shape index (κ1) is 14.4. The number of halogens is 1. The molecule has 1 aromatic rings. The number of nitrogens with zero attached hydrogens (tertiary/aromatic N) is 1. The van der Waals surface area contributed by atoms with Crippen molar-refractivity contribution < 1.29 is 9.13 Å². The number of ether oxygens (including phenoxy) is 1. The molecule has 0 spiro atoms. The van der Waals surface area contributed by atoms with Crippen molar-refractivity contribution in [3.63, 3.8) is 0 Å². The van der Waals surface area contributed by atoms with Gasteiger partial charge in [0.2, 0.25) is 0 Å². The molecule has 1 aliphatic rings. The molecule has 0 radical (unpaired) electrons. The van der Waals surface area contributed by atoms with Gasteiger partial charge in [0.05, 0.1) is 6.10 Å². The molecule has 1 aliphatic heterocycles. The summed E-state index contributed by atoms with van der Waals surface area (Å²) in [5, 5.41) is 0. The molecule has 0 saturated carbocycles. The second-order valence-electron chi connectivity index (χ2n) is 5.14. The predicted octanol–water partition coefficient (Wildman–Crippen LogP) is 2.33. The Labute approximate surface area is 114 Å². The Morgan fingerprint density at radius 2 is 2.37 bits per heavy atom. The number of benzene rings is 1. The van der Waals surface area contributed by atoms with Crippen LogP contribution in [0.15, 0.2) is 24.3 Å². The molecule has 2 atom stereocenters. The fourth-order valence-electron chi connectivity index (χ4n) is 2.67. The molecule has 1 saturated heterocycles. The highest BCUT2D eigenvalue weighted by Crippen LogP contribution is 2.18. The summed E-state index contributed by atoms with van der Waals surface area (Å²) in [6, 6.07) is 6.43. The molecular formula is C15H23FN2O. The van der Waals surface area contributed by atoms with Crippen LogP contribution in [0.4, 0.5) is 4.39 Å². The van der Waals surface area contributed by atoms with E-state index >= 15 is 0 Å². The van der Waals surface area contributed by atoms with Crippen LogP contribution in [0.2, 0.25) is 0 Å². The van der Waals surface area contributed by atoms with Crippen LogP contribution in [0.5, 0.6) is 0 Å². The van der Waals surface area contributed by atoms with E-state index in [-0.39, 0.29) is 11.9 Å². The van der Waals surface area contributed by atoms with Crippen LogP contribution in [0, 0.1) is 5.82 Å². The molecule has 1 aromatic carbocycles. The Bertz CT molecular complexity index is 397. The smallest absolute Gasteiger partial charge is 0.123 e. The van der Waals surface area contributed by atoms with Crippen LogP contribution in [0.1, 0.15) is 31.4 Å². The van der Waals surface area contributed by atoms with Crippen molar-refractivity contribution in [3.8, 4) is 0 Å². The molecule has 2 unspecified atom stereocenters. The highest BCUT2D eigenvalue weighted by molar-refractivity contribution is 5.20. The van der Waals surface area contributed by atoms with E-state index in [1.54, 1.807) is 6.07 Å². The van der Waals surface area contributed by atoms with Crippen LogP contribution < -0.4 is 5.73 Å². The number of hydrogen-bond acceptors (Lipinski definition) is 3. The lowest BCUT2D eigenvalue weighted by Gasteiger charge is -2.34. The maximum Gasteiger partial charge on any atom is 0.123 e. The zero-order chi connectivity index (χ0) is 13.7. The molecule has 19 heavy (non-hydrogen) atoms. The van der Waals surface area contributed by atoms with E-state index in [1.807, 2.05) is 13.0 Å². The van der Waals surface area contributed by atoms with Gasteiger partial charge in [-0.25, -0.2) is 4.39 Å². The maximum absolute atomic E-state index is 13.2. The first-order valence-corrected chi connectivity index (χ1v) is 7.04. The lowest BCUT2D eigenvalue weighted by atomic mass is 10.0. The summed E-state index contributed by atoms with van der Waals surface area (Å²) in [5.74, 6) is -0.223. The minimum atomic E-state index is -0.223. The van der Waals surface area contributed by atoms with Gasteiger partial charge in [-0.1, -0.05) is 12.1 Å². The molecule has 2 rings (SSSR count). The highest BCUT2D eigenvalue weighted by atomic mass is 19.1. The summed E-state index contributed by atoms with van der Waals surface area (Å²) in [7, 11) is 0. The van der Waals surface area contributed by atoms with Crippen molar-refractivity contribution in [3.05, 3.63) is 35.6 Å². The summed E-state index contributed by atoms with van der Waals surface area (Å²) in [5.41, 5.74) is 7.02. The Morgan fingerprint density at radius 3 is 3.11 bits per heavy atom. The van der Waals surface area contributed by atoms with Gasteiger partial charge < -0.3 is 10.5 Å². The van der Waals surface area contributed by atoms with Gasteiger partial charge in [-0.3, -0.25) is 4.90 Å². The third kappa shape index (κ3) is 4.27. The van der Waals surface area contributed by atoms with Crippen LogP contribution in [-0.4, -0.2) is 37.2 Å². The Balaban J connectivity index is 1.89. The lowest BCUT2D eigenvalue weighted by molar-refractivity contribution is 0.00448. The Morgan fingerprint density at radius 1 is 1.53 bits per heavy atom. The maximum atomic E-state index is 13.2. The Kier molecular flexibility index (Phi) is 5.31. The van der Waals surface area contributed by atoms with Crippen LogP contribution in [0.25, 0.3) is 0 Å². The van der Waals surface area contributed by atoms with Crippen LogP contribution in [0.3, 0.4) is 0 Å². The number of nitrogens with two attached hydrogens (primary N) is 1. The number of likely N-dealkylation sites (tertiary alicyclic amines) is 1.